The molecule has 0 bridgehead atoms. The highest BCUT2D eigenvalue weighted by Gasteiger charge is 2.49. The summed E-state index contributed by atoms with van der Waals surface area (Å²) < 4.78 is 86.2. The summed E-state index contributed by atoms with van der Waals surface area (Å²) in [5.74, 6) is -1.27. The van der Waals surface area contributed by atoms with Crippen LogP contribution in [0, 0.1) is 35.1 Å². The molecule has 0 aromatic heterocycles. The van der Waals surface area contributed by atoms with E-state index in [4.69, 9.17) is 22.4 Å². The van der Waals surface area contributed by atoms with E-state index >= 15 is 0 Å². The minimum absolute atomic E-state index is 0. The second-order valence-corrected chi connectivity index (χ2v) is 44.2. The number of amides is 3. The van der Waals surface area contributed by atoms with Crippen molar-refractivity contribution >= 4 is 130 Å². The summed E-state index contributed by atoms with van der Waals surface area (Å²) in [6.07, 6.45) is 0.598. The van der Waals surface area contributed by atoms with Crippen molar-refractivity contribution in [3.05, 3.63) is 227 Å². The Labute approximate surface area is 586 Å². The molecule has 0 saturated carbocycles. The van der Waals surface area contributed by atoms with Gasteiger partial charge in [0, 0.05) is 11.4 Å². The molecule has 7 aromatic rings. The number of carbonyl (C=O) groups is 3. The van der Waals surface area contributed by atoms with Crippen molar-refractivity contribution in [3.63, 3.8) is 0 Å². The van der Waals surface area contributed by atoms with Crippen LogP contribution in [0.3, 0.4) is 0 Å². The first-order chi connectivity index (χ1) is 41.5. The zero-order chi connectivity index (χ0) is 63.7. The highest BCUT2D eigenvalue weighted by molar-refractivity contribution is 7.60. The number of nitrogens with zero attached hydrogens (tertiary/aromatic N) is 2. The van der Waals surface area contributed by atoms with Crippen LogP contribution in [0.2, 0.25) is 78.6 Å². The van der Waals surface area contributed by atoms with Gasteiger partial charge in [0.05, 0.1) is 36.1 Å². The molecule has 0 unspecified atom stereocenters. The first-order valence-electron chi connectivity index (χ1n) is 30.1. The number of nitrogens with one attached hydrogen (secondary N) is 1. The van der Waals surface area contributed by atoms with Gasteiger partial charge in [-0.2, -0.15) is 67.5 Å². The van der Waals surface area contributed by atoms with Crippen LogP contribution >= 0.6 is 67.5 Å². The van der Waals surface area contributed by atoms with Crippen LogP contribution in [0.1, 0.15) is 83.8 Å². The maximum atomic E-state index is 15.0. The number of cyclic esters (lactones) is 1. The SMILES string of the molecule is C[Si](C)(C)Oc1ccc([C@@H](Nc2ccc(F)cc2)[C@@H](CC[C@H](O[Si](C)(C)C)c2ccc(F)cc2)C(=O)N2C(=O)OC[C@@H]2c2ccccc2)cc1.C[Si](C)(C)Oc1ccc([C@@H]2[C@@H](CC[C@H](O[Si](C)(C)C)c3ccc(F)cc3)C(=O)N2c2ccc(F)cc2)cc1.S.S.S.S.S. The summed E-state index contributed by atoms with van der Waals surface area (Å²) >= 11 is 0. The molecule has 0 radical (unpaired) electrons. The summed E-state index contributed by atoms with van der Waals surface area (Å²) in [7, 11) is -7.67. The van der Waals surface area contributed by atoms with E-state index in [2.05, 4.69) is 83.9 Å². The molecule has 3 amide bonds. The van der Waals surface area contributed by atoms with Gasteiger partial charge in [0.15, 0.2) is 16.6 Å². The summed E-state index contributed by atoms with van der Waals surface area (Å²) in [4.78, 5) is 44.8. The molecule has 2 saturated heterocycles. The van der Waals surface area contributed by atoms with E-state index in [1.165, 1.54) is 53.4 Å². The maximum Gasteiger partial charge on any atom is 0.417 e. The maximum absolute atomic E-state index is 15.0. The molecular formula is C69H93F4N3O8S5Si4. The fourth-order valence-electron chi connectivity index (χ4n) is 11.1. The minimum atomic E-state index is -2.12. The van der Waals surface area contributed by atoms with Crippen LogP contribution in [0.15, 0.2) is 176 Å². The first-order valence-corrected chi connectivity index (χ1v) is 43.7. The first kappa shape index (κ1) is 81.8. The lowest BCUT2D eigenvalue weighted by Crippen LogP contribution is -2.55. The molecule has 0 aliphatic carbocycles. The van der Waals surface area contributed by atoms with Crippen molar-refractivity contribution in [2.24, 2.45) is 11.8 Å². The molecule has 0 spiro atoms. The largest absolute Gasteiger partial charge is 0.544 e. The Morgan fingerprint density at radius 1 is 0.505 bits per heavy atom. The van der Waals surface area contributed by atoms with E-state index in [0.717, 1.165) is 39.3 Å². The standard InChI is InChI=1S/C39H46F2N2O5Si2.C30H37F2NO3Si2.5H2S/c1-49(2,3)47-33-22-14-29(15-23-33)37(42-32-20-18-31(41)19-21-32)34(24-25-36(48-50(4,5)6)28-12-16-30(40)17-13-28)38(44)43-35(26-46-39(43)45)27-10-8-7-9-11-27;1-37(2,3)35-26-17-9-22(10-18-26)29-27(30(34)33(29)25-15-13-24(32)14-16-25)19-20-28(36-38(4,5)6)21-7-11-23(31)12-8-21;;;;;/h7-23,34-37,42H,24-26H2,1-6H3;7-18,27-29H,19-20H2,1-6H3;5*1H2/t34-,35-,36+,37-;27-,28+,29-;;;;;/m11...../s1. The highest BCUT2D eigenvalue weighted by Crippen LogP contribution is 2.48. The molecule has 7 aromatic carbocycles. The van der Waals surface area contributed by atoms with E-state index in [9.17, 15) is 31.9 Å². The predicted molar refractivity (Wildman–Crippen MR) is 402 cm³/mol. The van der Waals surface area contributed by atoms with Crippen molar-refractivity contribution < 1.29 is 54.4 Å². The van der Waals surface area contributed by atoms with Crippen molar-refractivity contribution in [1.29, 1.82) is 0 Å². The zero-order valence-electron chi connectivity index (χ0n) is 55.0. The number of hydrogen-bond acceptors (Lipinski definition) is 9. The molecule has 9 rings (SSSR count). The summed E-state index contributed by atoms with van der Waals surface area (Å²) in [5, 5.41) is 3.50. The molecule has 7 atom stereocenters. The van der Waals surface area contributed by atoms with Crippen molar-refractivity contribution in [2.45, 2.75) is 135 Å². The molecule has 2 fully saturated rings. The topological polar surface area (TPSA) is 116 Å². The van der Waals surface area contributed by atoms with E-state index in [1.807, 2.05) is 78.9 Å². The molecule has 1 N–H and O–H groups in total. The van der Waals surface area contributed by atoms with Gasteiger partial charge < -0.3 is 32.7 Å². The lowest BCUT2D eigenvalue weighted by molar-refractivity contribution is -0.134. The number of benzene rings is 7. The van der Waals surface area contributed by atoms with Crippen LogP contribution in [-0.4, -0.2) is 62.7 Å². The smallest absolute Gasteiger partial charge is 0.417 e. The number of hydrogen-bond donors (Lipinski definition) is 1. The highest BCUT2D eigenvalue weighted by atomic mass is 32.1. The number of anilines is 2. The van der Waals surface area contributed by atoms with Gasteiger partial charge in [-0.25, -0.2) is 27.3 Å². The Morgan fingerprint density at radius 3 is 1.38 bits per heavy atom. The number of ether oxygens (including phenoxy) is 1. The van der Waals surface area contributed by atoms with Crippen LogP contribution in [0.4, 0.5) is 33.7 Å². The molecular weight excluding hydrogens is 1350 g/mol. The van der Waals surface area contributed by atoms with Gasteiger partial charge in [0.25, 0.3) is 0 Å². The summed E-state index contributed by atoms with van der Waals surface area (Å²) in [6, 6.07) is 48.2. The predicted octanol–water partition coefficient (Wildman–Crippen LogP) is 18.9. The van der Waals surface area contributed by atoms with E-state index in [0.29, 0.717) is 37.1 Å². The zero-order valence-corrected chi connectivity index (χ0v) is 64.0. The Kier molecular flexibility index (Phi) is 31.3. The Hall–Kier alpha value is -5.39. The lowest BCUT2D eigenvalue weighted by Gasteiger charge is -2.48. The average Bonchev–Trinajstić information content (AvgIpc) is 1.48. The molecule has 2 heterocycles. The van der Waals surface area contributed by atoms with E-state index in [-0.39, 0.29) is 121 Å². The quantitative estimate of drug-likeness (QED) is 0.0359. The fraction of sp³-hybridized carbons (Fsp3) is 0.348. The lowest BCUT2D eigenvalue weighted by atomic mass is 9.78. The number of carbonyl (C=O) groups excluding carboxylic acids is 3. The Balaban J connectivity index is 0.000000475. The third-order valence-corrected chi connectivity index (χ3v) is 18.4. The molecule has 506 valence electrons. The van der Waals surface area contributed by atoms with Gasteiger partial charge in [-0.3, -0.25) is 9.59 Å². The number of β-lactam (4-membered cyclic amide) rings is 1. The average molecular weight is 1440 g/mol. The van der Waals surface area contributed by atoms with Gasteiger partial charge in [-0.1, -0.05) is 78.9 Å². The number of rotatable bonds is 24. The fourth-order valence-corrected chi connectivity index (χ4v) is 15.0. The minimum Gasteiger partial charge on any atom is -0.544 e. The van der Waals surface area contributed by atoms with Crippen LogP contribution in [-0.2, 0) is 23.2 Å². The summed E-state index contributed by atoms with van der Waals surface area (Å²) in [5.41, 5.74) is 5.57. The molecule has 2 aliphatic heterocycles. The second kappa shape index (κ2) is 35.6. The summed E-state index contributed by atoms with van der Waals surface area (Å²) in [6.45, 7) is 25.4. The van der Waals surface area contributed by atoms with Crippen LogP contribution in [0.5, 0.6) is 11.5 Å². The molecule has 93 heavy (non-hydrogen) atoms. The van der Waals surface area contributed by atoms with Crippen LogP contribution < -0.4 is 19.1 Å². The monoisotopic (exact) mass is 1440 g/mol. The molecule has 24 heteroatoms. The Bertz CT molecular complexity index is 3450. The van der Waals surface area contributed by atoms with Gasteiger partial charge in [0.1, 0.15) is 47.4 Å². The number of imide groups is 1. The van der Waals surface area contributed by atoms with Gasteiger partial charge in [-0.05, 0) is 229 Å². The van der Waals surface area contributed by atoms with E-state index < -0.39 is 69.4 Å². The van der Waals surface area contributed by atoms with Crippen molar-refractivity contribution in [1.82, 2.24) is 4.90 Å². The van der Waals surface area contributed by atoms with Crippen molar-refractivity contribution in [3.8, 4) is 11.5 Å². The Morgan fingerprint density at radius 2 is 0.925 bits per heavy atom. The van der Waals surface area contributed by atoms with Gasteiger partial charge in [-0.15, -0.1) is 0 Å². The normalized spacial score (nSPS) is 16.7. The van der Waals surface area contributed by atoms with Gasteiger partial charge in [0.2, 0.25) is 28.4 Å². The van der Waals surface area contributed by atoms with E-state index in [1.54, 1.807) is 53.4 Å². The number of halogens is 4. The molecule has 2 aliphatic rings. The molecule has 11 nitrogen and oxygen atoms in total. The van der Waals surface area contributed by atoms with Crippen molar-refractivity contribution in [2.75, 3.05) is 16.8 Å². The van der Waals surface area contributed by atoms with Gasteiger partial charge >= 0.3 is 6.09 Å². The third-order valence-electron chi connectivity index (χ3n) is 14.8. The third kappa shape index (κ3) is 23.7. The second-order valence-electron chi connectivity index (χ2n) is 26.4. The van der Waals surface area contributed by atoms with Crippen LogP contribution in [0.25, 0.3) is 0 Å².